The topological polar surface area (TPSA) is 53.9 Å². The van der Waals surface area contributed by atoms with Crippen LogP contribution in [0.5, 0.6) is 5.75 Å². The van der Waals surface area contributed by atoms with Gasteiger partial charge in [-0.05, 0) is 62.4 Å². The minimum atomic E-state index is -0.310. The van der Waals surface area contributed by atoms with Crippen molar-refractivity contribution < 1.29 is 9.53 Å². The minimum Gasteiger partial charge on any atom is -0.496 e. The van der Waals surface area contributed by atoms with Crippen LogP contribution in [0.25, 0.3) is 0 Å². The molecule has 1 unspecified atom stereocenters. The summed E-state index contributed by atoms with van der Waals surface area (Å²) in [5.41, 5.74) is 6.46. The second kappa shape index (κ2) is 9.09. The number of amides is 1. The molecule has 5 nitrogen and oxygen atoms in total. The van der Waals surface area contributed by atoms with Crippen LogP contribution in [0.4, 0.5) is 5.69 Å². The molecule has 2 aromatic carbocycles. The van der Waals surface area contributed by atoms with E-state index in [0.717, 1.165) is 30.7 Å². The molecule has 160 valence electrons. The number of methoxy groups -OCH3 is 1. The Bertz CT molecular complexity index is 955. The van der Waals surface area contributed by atoms with Gasteiger partial charge in [0, 0.05) is 40.0 Å². The van der Waals surface area contributed by atoms with Gasteiger partial charge in [-0.15, -0.1) is 0 Å². The molecule has 6 heteroatoms. The van der Waals surface area contributed by atoms with Crippen molar-refractivity contribution in [3.05, 3.63) is 58.1 Å². The first-order valence-electron chi connectivity index (χ1n) is 10.4. The van der Waals surface area contributed by atoms with Crippen LogP contribution in [0.2, 0.25) is 5.02 Å². The fourth-order valence-corrected chi connectivity index (χ4v) is 4.50. The summed E-state index contributed by atoms with van der Waals surface area (Å²) in [4.78, 5) is 14.8. The van der Waals surface area contributed by atoms with Gasteiger partial charge in [0.25, 0.3) is 5.91 Å². The Kier molecular flexibility index (Phi) is 6.71. The minimum absolute atomic E-state index is 0.0912. The van der Waals surface area contributed by atoms with Gasteiger partial charge >= 0.3 is 0 Å². The zero-order valence-electron chi connectivity index (χ0n) is 18.3. The highest BCUT2D eigenvalue weighted by atomic mass is 35.5. The van der Waals surface area contributed by atoms with Crippen molar-refractivity contribution in [2.45, 2.75) is 52.0 Å². The van der Waals surface area contributed by atoms with E-state index in [2.05, 4.69) is 55.3 Å². The number of benzene rings is 2. The monoisotopic (exact) mass is 427 g/mol. The molecule has 0 aliphatic carbocycles. The van der Waals surface area contributed by atoms with Gasteiger partial charge in [-0.1, -0.05) is 31.5 Å². The van der Waals surface area contributed by atoms with Crippen molar-refractivity contribution in [3.8, 4) is 5.75 Å². The average molecular weight is 428 g/mol. The molecule has 1 heterocycles. The maximum atomic E-state index is 12.3. The number of hydrogen-bond donors (Lipinski definition) is 1. The maximum Gasteiger partial charge on any atom is 0.271 e. The number of rotatable bonds is 6. The van der Waals surface area contributed by atoms with Crippen LogP contribution < -0.4 is 15.1 Å². The second-order valence-electron chi connectivity index (χ2n) is 8.43. The van der Waals surface area contributed by atoms with Crippen LogP contribution in [0.3, 0.4) is 0 Å². The SMILES string of the molecule is CCCN1c2cc(OC)c(/C=N\NC(=O)c3cccc(Cl)c3)cc2C(C)CC1(C)C. The lowest BCUT2D eigenvalue weighted by molar-refractivity contribution is 0.0955. The first-order chi connectivity index (χ1) is 14.3. The number of nitrogens with one attached hydrogen (secondary N) is 1. The van der Waals surface area contributed by atoms with Crippen molar-refractivity contribution in [2.24, 2.45) is 5.10 Å². The zero-order chi connectivity index (χ0) is 21.9. The molecular formula is C24H30ClN3O2. The molecule has 1 aliphatic heterocycles. The number of ether oxygens (including phenoxy) is 1. The standard InChI is InChI=1S/C24H30ClN3O2/c1-6-10-28-21-13-22(30-5)18(12-20(21)16(2)14-24(28,3)4)15-26-27-23(29)17-8-7-9-19(25)11-17/h7-9,11-13,15-16H,6,10,14H2,1-5H3,(H,27,29)/b26-15-. The maximum absolute atomic E-state index is 12.3. The van der Waals surface area contributed by atoms with Gasteiger partial charge in [-0.2, -0.15) is 5.10 Å². The lowest BCUT2D eigenvalue weighted by atomic mass is 9.79. The first-order valence-corrected chi connectivity index (χ1v) is 10.7. The van der Waals surface area contributed by atoms with E-state index in [1.54, 1.807) is 37.6 Å². The molecule has 0 saturated heterocycles. The molecule has 0 aromatic heterocycles. The highest BCUT2D eigenvalue weighted by Gasteiger charge is 2.36. The number of carbonyl (C=O) groups excluding carboxylic acids is 1. The predicted molar refractivity (Wildman–Crippen MR) is 124 cm³/mol. The third kappa shape index (κ3) is 4.62. The van der Waals surface area contributed by atoms with Gasteiger partial charge in [-0.3, -0.25) is 4.79 Å². The number of nitrogens with zero attached hydrogens (tertiary/aromatic N) is 2. The summed E-state index contributed by atoms with van der Waals surface area (Å²) in [6, 6.07) is 11.0. The molecule has 0 bridgehead atoms. The van der Waals surface area contributed by atoms with Crippen LogP contribution in [-0.2, 0) is 0 Å². The number of carbonyl (C=O) groups is 1. The molecule has 3 rings (SSSR count). The number of halogens is 1. The van der Waals surface area contributed by atoms with Crippen molar-refractivity contribution in [1.82, 2.24) is 5.43 Å². The van der Waals surface area contributed by atoms with Crippen LogP contribution in [0, 0.1) is 0 Å². The van der Waals surface area contributed by atoms with E-state index in [-0.39, 0.29) is 11.4 Å². The van der Waals surface area contributed by atoms with Crippen molar-refractivity contribution in [2.75, 3.05) is 18.6 Å². The fraction of sp³-hybridized carbons (Fsp3) is 0.417. The molecule has 0 fully saturated rings. The summed E-state index contributed by atoms with van der Waals surface area (Å²) in [7, 11) is 1.66. The van der Waals surface area contributed by atoms with Crippen LogP contribution in [0.15, 0.2) is 41.5 Å². The van der Waals surface area contributed by atoms with Gasteiger partial charge in [0.1, 0.15) is 5.75 Å². The smallest absolute Gasteiger partial charge is 0.271 e. The summed E-state index contributed by atoms with van der Waals surface area (Å²) in [5.74, 6) is 0.845. The molecule has 0 saturated carbocycles. The highest BCUT2D eigenvalue weighted by Crippen LogP contribution is 2.45. The molecule has 1 amide bonds. The lowest BCUT2D eigenvalue weighted by Gasteiger charge is -2.47. The van der Waals surface area contributed by atoms with Gasteiger partial charge in [0.15, 0.2) is 0 Å². The number of hydrazone groups is 1. The van der Waals surface area contributed by atoms with Crippen LogP contribution in [0.1, 0.15) is 67.9 Å². The Morgan fingerprint density at radius 1 is 1.37 bits per heavy atom. The van der Waals surface area contributed by atoms with Crippen molar-refractivity contribution in [3.63, 3.8) is 0 Å². The van der Waals surface area contributed by atoms with E-state index in [1.165, 1.54) is 11.3 Å². The van der Waals surface area contributed by atoms with E-state index in [1.807, 2.05) is 0 Å². The third-order valence-corrected chi connectivity index (χ3v) is 5.88. The summed E-state index contributed by atoms with van der Waals surface area (Å²) >= 11 is 5.95. The largest absolute Gasteiger partial charge is 0.496 e. The summed E-state index contributed by atoms with van der Waals surface area (Å²) in [5, 5.41) is 4.66. The van der Waals surface area contributed by atoms with Crippen molar-refractivity contribution in [1.29, 1.82) is 0 Å². The highest BCUT2D eigenvalue weighted by molar-refractivity contribution is 6.30. The summed E-state index contributed by atoms with van der Waals surface area (Å²) in [6.45, 7) is 10.1. The Hall–Kier alpha value is -2.53. The van der Waals surface area contributed by atoms with Crippen molar-refractivity contribution >= 4 is 29.4 Å². The van der Waals surface area contributed by atoms with Gasteiger partial charge in [0.2, 0.25) is 0 Å². The lowest BCUT2D eigenvalue weighted by Crippen LogP contribution is -2.48. The third-order valence-electron chi connectivity index (χ3n) is 5.64. The molecule has 2 aromatic rings. The number of fused-ring (bicyclic) bond motifs is 1. The average Bonchev–Trinajstić information content (AvgIpc) is 2.70. The predicted octanol–water partition coefficient (Wildman–Crippen LogP) is 5.61. The molecular weight excluding hydrogens is 398 g/mol. The van der Waals surface area contributed by atoms with Gasteiger partial charge in [0.05, 0.1) is 13.3 Å². The van der Waals surface area contributed by atoms with E-state index in [9.17, 15) is 4.79 Å². The Labute approximate surface area is 184 Å². The first kappa shape index (κ1) is 22.2. The molecule has 1 atom stereocenters. The van der Waals surface area contributed by atoms with Crippen LogP contribution >= 0.6 is 11.6 Å². The molecule has 1 N–H and O–H groups in total. The Balaban J connectivity index is 1.88. The van der Waals surface area contributed by atoms with Gasteiger partial charge in [-0.25, -0.2) is 5.43 Å². The van der Waals surface area contributed by atoms with E-state index in [0.29, 0.717) is 16.5 Å². The Morgan fingerprint density at radius 3 is 2.80 bits per heavy atom. The quantitative estimate of drug-likeness (QED) is 0.481. The molecule has 30 heavy (non-hydrogen) atoms. The summed E-state index contributed by atoms with van der Waals surface area (Å²) < 4.78 is 5.65. The second-order valence-corrected chi connectivity index (χ2v) is 8.87. The molecule has 1 aliphatic rings. The van der Waals surface area contributed by atoms with Crippen LogP contribution in [-0.4, -0.2) is 31.3 Å². The van der Waals surface area contributed by atoms with E-state index < -0.39 is 0 Å². The van der Waals surface area contributed by atoms with E-state index in [4.69, 9.17) is 16.3 Å². The molecule has 0 spiro atoms. The normalized spacial score (nSPS) is 17.7. The molecule has 0 radical (unpaired) electrons. The fourth-order valence-electron chi connectivity index (χ4n) is 4.31. The zero-order valence-corrected chi connectivity index (χ0v) is 19.1. The number of hydrogen-bond acceptors (Lipinski definition) is 4. The summed E-state index contributed by atoms with van der Waals surface area (Å²) in [6.07, 6.45) is 3.80. The van der Waals surface area contributed by atoms with E-state index >= 15 is 0 Å². The Morgan fingerprint density at radius 2 is 2.13 bits per heavy atom. The van der Waals surface area contributed by atoms with Gasteiger partial charge < -0.3 is 9.64 Å². The number of anilines is 1.